The Labute approximate surface area is 319 Å². The van der Waals surface area contributed by atoms with Crippen molar-refractivity contribution in [1.29, 1.82) is 0 Å². The highest BCUT2D eigenvalue weighted by Crippen LogP contribution is 2.45. The van der Waals surface area contributed by atoms with E-state index in [0.29, 0.717) is 37.4 Å². The van der Waals surface area contributed by atoms with E-state index in [4.69, 9.17) is 17.7 Å². The van der Waals surface area contributed by atoms with Gasteiger partial charge in [0, 0.05) is 62.6 Å². The van der Waals surface area contributed by atoms with E-state index < -0.39 is 8.07 Å². The van der Waals surface area contributed by atoms with Gasteiger partial charge in [0.1, 0.15) is 0 Å². The summed E-state index contributed by atoms with van der Waals surface area (Å²) in [6, 6.07) is 35.3. The second-order valence-electron chi connectivity index (χ2n) is 14.0. The lowest BCUT2D eigenvalue weighted by Crippen LogP contribution is -2.37. The van der Waals surface area contributed by atoms with Crippen molar-refractivity contribution in [3.63, 3.8) is 0 Å². The van der Waals surface area contributed by atoms with Gasteiger partial charge in [-0.05, 0) is 34.5 Å². The molecule has 248 valence electrons. The molecule has 0 aliphatic heterocycles. The summed E-state index contributed by atoms with van der Waals surface area (Å²) in [5.74, 6) is 0.883. The van der Waals surface area contributed by atoms with E-state index >= 15 is 0 Å². The molecule has 0 saturated heterocycles. The lowest BCUT2D eigenvalue weighted by atomic mass is 9.97. The molecule has 0 aliphatic carbocycles. The number of nitrogens with zero attached hydrogens (tertiary/aromatic N) is 3. The molecule has 0 amide bonds. The third-order valence-electron chi connectivity index (χ3n) is 9.65. The largest absolute Gasteiger partial charge is 0.208 e. The molecule has 10 rings (SSSR count). The maximum Gasteiger partial charge on any atom is 0.164 e. The van der Waals surface area contributed by atoms with Crippen molar-refractivity contribution >= 4 is 87.1 Å². The van der Waals surface area contributed by atoms with Crippen molar-refractivity contribution in [1.82, 2.24) is 15.0 Å². The molecule has 52 heavy (non-hydrogen) atoms. The molecule has 0 aliphatic rings. The van der Waals surface area contributed by atoms with Gasteiger partial charge in [-0.15, -0.1) is 22.7 Å². The highest BCUT2D eigenvalue weighted by molar-refractivity contribution is 7.26. The Morgan fingerprint density at radius 1 is 0.500 bits per heavy atom. The van der Waals surface area contributed by atoms with Gasteiger partial charge in [-0.3, -0.25) is 0 Å². The number of aromatic nitrogens is 3. The van der Waals surface area contributed by atoms with Crippen LogP contribution in [-0.2, 0) is 0 Å². The van der Waals surface area contributed by atoms with Crippen LogP contribution in [0.4, 0.5) is 0 Å². The zero-order valence-electron chi connectivity index (χ0n) is 34.6. The van der Waals surface area contributed by atoms with Gasteiger partial charge >= 0.3 is 0 Å². The second kappa shape index (κ2) is 12.0. The number of rotatable bonds is 5. The Morgan fingerprint density at radius 2 is 1.19 bits per heavy atom. The summed E-state index contributed by atoms with van der Waals surface area (Å²) in [4.78, 5) is 14.9. The number of fused-ring (bicyclic) bond motifs is 7. The van der Waals surface area contributed by atoms with Crippen molar-refractivity contribution < 1.29 is 8.22 Å². The van der Waals surface area contributed by atoms with Crippen molar-refractivity contribution in [2.45, 2.75) is 19.6 Å². The third kappa shape index (κ3) is 5.17. The van der Waals surface area contributed by atoms with E-state index in [-0.39, 0.29) is 47.6 Å². The van der Waals surface area contributed by atoms with E-state index in [1.54, 1.807) is 11.3 Å². The average molecular weight is 726 g/mol. The number of hydrogen-bond donors (Lipinski definition) is 0. The molecule has 0 radical (unpaired) electrons. The van der Waals surface area contributed by atoms with Crippen molar-refractivity contribution in [2.24, 2.45) is 0 Å². The summed E-state index contributed by atoms with van der Waals surface area (Å²) in [5.41, 5.74) is 2.79. The normalized spacial score (nSPS) is 13.8. The fraction of sp³-hybridized carbons (Fsp3) is 0.0652. The summed E-state index contributed by atoms with van der Waals surface area (Å²) in [7, 11) is -1.59. The van der Waals surface area contributed by atoms with Crippen LogP contribution in [0.3, 0.4) is 0 Å². The molecule has 3 nitrogen and oxygen atoms in total. The Kier molecular flexibility index (Phi) is 5.88. The van der Waals surface area contributed by atoms with Crippen LogP contribution in [0.5, 0.6) is 0 Å². The predicted molar refractivity (Wildman–Crippen MR) is 228 cm³/mol. The van der Waals surface area contributed by atoms with Gasteiger partial charge in [0.25, 0.3) is 0 Å². The minimum atomic E-state index is -1.59. The monoisotopic (exact) mass is 725 g/mol. The molecule has 6 heteroatoms. The summed E-state index contributed by atoms with van der Waals surface area (Å²) in [6.45, 7) is 6.88. The van der Waals surface area contributed by atoms with Gasteiger partial charge in [0.2, 0.25) is 0 Å². The Balaban J connectivity index is 1.26. The Hall–Kier alpha value is -5.53. The minimum absolute atomic E-state index is 0.0456. The topological polar surface area (TPSA) is 38.7 Å². The Bertz CT molecular complexity index is 3350. The first-order valence-corrected chi connectivity index (χ1v) is 22.3. The fourth-order valence-corrected chi connectivity index (χ4v) is 10.4. The van der Waals surface area contributed by atoms with Gasteiger partial charge in [-0.25, -0.2) is 15.0 Å². The van der Waals surface area contributed by atoms with Crippen molar-refractivity contribution in [3.8, 4) is 45.3 Å². The van der Waals surface area contributed by atoms with Gasteiger partial charge in [-0.2, -0.15) is 0 Å². The summed E-state index contributed by atoms with van der Waals surface area (Å²) in [6.07, 6.45) is 0. The Morgan fingerprint density at radius 3 is 2.04 bits per heavy atom. The molecule has 0 spiro atoms. The fourth-order valence-electron chi connectivity index (χ4n) is 6.98. The zero-order valence-corrected chi connectivity index (χ0v) is 31.2. The van der Waals surface area contributed by atoms with Crippen molar-refractivity contribution in [3.05, 3.63) is 145 Å². The average Bonchev–Trinajstić information content (AvgIpc) is 3.82. The quantitative estimate of drug-likeness (QED) is 0.166. The van der Waals surface area contributed by atoms with Gasteiger partial charge in [0.05, 0.1) is 16.3 Å². The lowest BCUT2D eigenvalue weighted by molar-refractivity contribution is 1.08. The van der Waals surface area contributed by atoms with Crippen LogP contribution in [0.2, 0.25) is 19.6 Å². The summed E-state index contributed by atoms with van der Waals surface area (Å²) in [5, 5.41) is 6.13. The zero-order chi connectivity index (χ0) is 40.2. The van der Waals surface area contributed by atoms with E-state index in [1.165, 1.54) is 5.19 Å². The number of hydrogen-bond acceptors (Lipinski definition) is 5. The van der Waals surface area contributed by atoms with Gasteiger partial charge in [0.15, 0.2) is 17.5 Å². The van der Waals surface area contributed by atoms with E-state index in [9.17, 15) is 5.48 Å². The van der Waals surface area contributed by atoms with Crippen LogP contribution in [0.15, 0.2) is 145 Å². The van der Waals surface area contributed by atoms with Crippen molar-refractivity contribution in [2.75, 3.05) is 0 Å². The molecule has 10 aromatic rings. The summed E-state index contributed by atoms with van der Waals surface area (Å²) >= 11 is 2.75. The van der Waals surface area contributed by atoms with Crippen LogP contribution in [0, 0.1) is 0 Å². The third-order valence-corrected chi connectivity index (χ3v) is 14.0. The molecule has 0 N–H and O–H groups in total. The predicted octanol–water partition coefficient (Wildman–Crippen LogP) is 13.0. The lowest BCUT2D eigenvalue weighted by Gasteiger charge is -2.16. The molecule has 0 fully saturated rings. The maximum absolute atomic E-state index is 9.74. The molecule has 0 bridgehead atoms. The van der Waals surface area contributed by atoms with E-state index in [1.807, 2.05) is 84.9 Å². The molecule has 0 unspecified atom stereocenters. The van der Waals surface area contributed by atoms with Crippen LogP contribution in [0.1, 0.15) is 8.22 Å². The first-order valence-electron chi connectivity index (χ1n) is 20.1. The van der Waals surface area contributed by atoms with E-state index in [0.717, 1.165) is 59.0 Å². The van der Waals surface area contributed by atoms with E-state index in [2.05, 4.69) is 43.9 Å². The number of benzene rings is 7. The SMILES string of the molecule is [2H]c1c([2H])c(-c2cccc3c2sc2ccccc23)c2c(sc3c([2H])c(-c4nc(-c5ccc([Si](C)(C)C)cc5)nc(-c5cccc6ccccc56)n4)c([2H])c([2H])c32)c1[2H]. The molecule has 0 atom stereocenters. The van der Waals surface area contributed by atoms with Gasteiger partial charge in [-0.1, -0.05) is 152 Å². The van der Waals surface area contributed by atoms with Crippen LogP contribution >= 0.6 is 22.7 Å². The smallest absolute Gasteiger partial charge is 0.164 e. The highest BCUT2D eigenvalue weighted by Gasteiger charge is 2.20. The molecular formula is C46H33N3S2Si. The first kappa shape index (κ1) is 25.4. The van der Waals surface area contributed by atoms with Crippen LogP contribution in [-0.4, -0.2) is 23.0 Å². The first-order chi connectivity index (χ1) is 27.9. The molecule has 3 aromatic heterocycles. The second-order valence-corrected chi connectivity index (χ2v) is 21.1. The molecule has 0 saturated carbocycles. The minimum Gasteiger partial charge on any atom is -0.208 e. The standard InChI is InChI=1S/C46H33N3S2Si/c1-52(2,3)31-24-21-29(22-25-31)44-47-45(49-46(48-44)37-18-8-12-28-11-4-5-13-32(28)37)30-23-26-38-41(27-30)50-40-20-10-15-34(42(38)40)36-17-9-16-35-33-14-6-7-19-39(33)51-43(35)36/h4-27H,1-3H3/i10D,15D,20D,23D,26D,27D. The molecular weight excluding hydrogens is 687 g/mol. The molecule has 7 aromatic carbocycles. The van der Waals surface area contributed by atoms with Gasteiger partial charge < -0.3 is 0 Å². The highest BCUT2D eigenvalue weighted by atomic mass is 32.1. The van der Waals surface area contributed by atoms with Crippen LogP contribution in [0.25, 0.3) is 96.4 Å². The maximum atomic E-state index is 9.74. The van der Waals surface area contributed by atoms with Crippen LogP contribution < -0.4 is 5.19 Å². The summed E-state index contributed by atoms with van der Waals surface area (Å²) < 4.78 is 59.0. The number of thiophene rings is 2. The molecule has 3 heterocycles.